The van der Waals surface area contributed by atoms with E-state index in [1.54, 1.807) is 77.4 Å². The Morgan fingerprint density at radius 2 is 0.674 bits per heavy atom. The van der Waals surface area contributed by atoms with E-state index in [1.165, 1.54) is 11.1 Å². The summed E-state index contributed by atoms with van der Waals surface area (Å²) in [6.45, 7) is 23.0. The first-order valence-electron chi connectivity index (χ1n) is 47.6. The molecule has 141 heavy (non-hydrogen) atoms. The maximum absolute atomic E-state index is 12.9. The number of nitrogens with zero attached hydrogens (tertiary/aromatic N) is 14. The summed E-state index contributed by atoms with van der Waals surface area (Å²) in [6.07, 6.45) is 11.9. The topological polar surface area (TPSA) is 479 Å². The molecule has 18 rings (SSSR count). The SMILES string of the molecule is CC(=O)[C@H](C)N[C@@H]1CCc2c(-c3noc(-c4ccc(OC(C)C)c(C#N)c4)n3)cccc21.CC(C)Oc1ccc(-c2nc(-c3cccc4c3CC[C@@H]4NS(=O)(=O)CC(=O)N3CCCCC3)no2)cc1C#N.CC(C)Oc1ccc(-c2nc(-c3cccc4c3CC[C@H]4NS(=O)(=O)CC(=O)N3CCCCC3)no2)cc1C#N.CCC(=O)N[C@@H]1CCc2c(-c3noc(-c4ccc(OC(C)C)c(C#N)c4)n3)cccc21. The van der Waals surface area contributed by atoms with Crippen molar-refractivity contribution in [3.63, 3.8) is 0 Å². The Labute approximate surface area is 819 Å². The number of aromatic nitrogens is 8. The largest absolute Gasteiger partial charge is 0.490 e. The summed E-state index contributed by atoms with van der Waals surface area (Å²) < 4.78 is 102. The van der Waals surface area contributed by atoms with E-state index >= 15 is 0 Å². The molecular formula is C105H112N18O16S2. The van der Waals surface area contributed by atoms with Crippen LogP contribution in [0, 0.1) is 45.3 Å². The molecule has 4 aliphatic carbocycles. The van der Waals surface area contributed by atoms with Gasteiger partial charge >= 0.3 is 0 Å². The summed E-state index contributed by atoms with van der Waals surface area (Å²) in [5.41, 5.74) is 15.6. The molecule has 0 radical (unpaired) electrons. The number of carbonyl (C=O) groups excluding carboxylic acids is 4. The molecule has 0 unspecified atom stereocenters. The zero-order valence-electron chi connectivity index (χ0n) is 80.5. The molecule has 8 aromatic carbocycles. The summed E-state index contributed by atoms with van der Waals surface area (Å²) >= 11 is 0. The van der Waals surface area contributed by atoms with Crippen molar-refractivity contribution in [2.24, 2.45) is 0 Å². The maximum atomic E-state index is 12.9. The fraction of sp³-hybridized carbons (Fsp3) is 0.390. The second kappa shape index (κ2) is 45.1. The smallest absolute Gasteiger partial charge is 0.258 e. The summed E-state index contributed by atoms with van der Waals surface area (Å²) in [5, 5.41) is 61.3. The Morgan fingerprint density at radius 1 is 0.397 bits per heavy atom. The molecule has 0 saturated carbocycles. The third-order valence-corrected chi connectivity index (χ3v) is 27.5. The standard InChI is InChI=1S/2C28H31N5O5S.C25H26N4O3.C24H24N4O3/c2*1-18(2)37-25-12-9-19(15-20(25)16-29)28-30-27(31-38-28)23-8-6-7-22-21(23)10-11-24(22)32-39(35,36)17-26(34)33-13-4-3-5-14-33;1-14(2)31-23-11-8-17(12-18(23)13-26)25-28-24(29-32-25)21-7-5-6-20-19(21)9-10-22(20)27-15(3)16(4)30;1-4-22(29)26-20-10-9-17-18(20)6-5-7-19(17)23-27-24(31-28-23)15-8-11-21(30-14(2)3)16(12-15)13-25/h2*6-9,12,15,18,24,32H,3-5,10-11,13-14,17H2,1-2H3;5-8,11-12,14-15,22,27H,9-10H2,1-4H3;5-8,11-12,14,20H,4,9-10H2,1-3H3,(H,26,29)/t2*24-;15-,22+;20-/m1001/s1. The van der Waals surface area contributed by atoms with Gasteiger partial charge in [-0.15, -0.1) is 0 Å². The second-order valence-electron chi connectivity index (χ2n) is 36.6. The lowest BCUT2D eigenvalue weighted by atomic mass is 10.0. The molecule has 6 aliphatic rings. The van der Waals surface area contributed by atoms with Gasteiger partial charge in [0.2, 0.25) is 61.1 Å². The van der Waals surface area contributed by atoms with E-state index in [-0.39, 0.29) is 77.8 Å². The van der Waals surface area contributed by atoms with Crippen molar-refractivity contribution in [3.8, 4) is 139 Å². The van der Waals surface area contributed by atoms with Gasteiger partial charge in [-0.05, 0) is 276 Å². The summed E-state index contributed by atoms with van der Waals surface area (Å²) in [7, 11) is -7.62. The van der Waals surface area contributed by atoms with Crippen LogP contribution in [0.2, 0.25) is 0 Å². The van der Waals surface area contributed by atoms with Crippen molar-refractivity contribution >= 4 is 43.6 Å². The van der Waals surface area contributed by atoms with Crippen molar-refractivity contribution in [1.82, 2.24) is 70.4 Å². The molecule has 34 nitrogen and oxygen atoms in total. The molecule has 5 atom stereocenters. The van der Waals surface area contributed by atoms with Crippen molar-refractivity contribution < 1.29 is 73.1 Å². The van der Waals surface area contributed by atoms with E-state index in [2.05, 4.69) is 91.0 Å². The summed E-state index contributed by atoms with van der Waals surface area (Å²) in [6, 6.07) is 51.7. The Morgan fingerprint density at radius 3 is 0.950 bits per heavy atom. The number of fused-ring (bicyclic) bond motifs is 4. The fourth-order valence-electron chi connectivity index (χ4n) is 18.3. The number of hydrogen-bond acceptors (Lipinski definition) is 29. The number of piperidine rings is 2. The van der Waals surface area contributed by atoms with Gasteiger partial charge < -0.3 is 57.5 Å². The highest BCUT2D eigenvalue weighted by molar-refractivity contribution is 7.90. The molecular weight excluding hydrogens is 1830 g/mol. The van der Waals surface area contributed by atoms with Crippen LogP contribution in [0.25, 0.3) is 91.4 Å². The van der Waals surface area contributed by atoms with Crippen LogP contribution in [0.1, 0.15) is 238 Å². The highest BCUT2D eigenvalue weighted by Gasteiger charge is 2.37. The molecule has 4 N–H and O–H groups in total. The number of ketones is 1. The number of likely N-dealkylation sites (tertiary alicyclic amines) is 2. The van der Waals surface area contributed by atoms with Crippen LogP contribution < -0.4 is 39.0 Å². The average Bonchev–Trinajstić information content (AvgIpc) is 1.62. The Hall–Kier alpha value is -14.7. The lowest BCUT2D eigenvalue weighted by Gasteiger charge is -2.27. The lowest BCUT2D eigenvalue weighted by molar-refractivity contribution is -0.130. The molecule has 3 amide bonds. The number of nitriles is 4. The van der Waals surface area contributed by atoms with Gasteiger partial charge in [0, 0.05) is 95.2 Å². The number of rotatable bonds is 29. The molecule has 2 fully saturated rings. The predicted octanol–water partition coefficient (Wildman–Crippen LogP) is 17.2. The molecule has 4 aromatic heterocycles. The molecule has 0 spiro atoms. The normalized spacial score (nSPS) is 16.4. The zero-order chi connectivity index (χ0) is 99.9. The van der Waals surface area contributed by atoms with Crippen molar-refractivity contribution in [2.75, 3.05) is 37.7 Å². The zero-order valence-corrected chi connectivity index (χ0v) is 82.1. The van der Waals surface area contributed by atoms with Crippen LogP contribution in [0.15, 0.2) is 164 Å². The number of carbonyl (C=O) groups is 4. The Balaban J connectivity index is 0.000000143. The Kier molecular flexibility index (Phi) is 32.2. The number of sulfonamides is 2. The summed E-state index contributed by atoms with van der Waals surface area (Å²) in [4.78, 5) is 70.2. The van der Waals surface area contributed by atoms with E-state index < -0.39 is 43.6 Å². The number of hydrogen-bond donors (Lipinski definition) is 4. The number of amides is 3. The van der Waals surface area contributed by atoms with Gasteiger partial charge in [0.1, 0.15) is 64.6 Å². The first-order chi connectivity index (χ1) is 67.8. The number of ether oxygens (including phenoxy) is 4. The minimum absolute atomic E-state index is 0.0143. The monoisotopic (exact) mass is 1940 g/mol. The molecule has 6 heterocycles. The highest BCUT2D eigenvalue weighted by Crippen LogP contribution is 2.44. The van der Waals surface area contributed by atoms with Crippen molar-refractivity contribution in [1.29, 1.82) is 21.0 Å². The van der Waals surface area contributed by atoms with E-state index in [0.29, 0.717) is 161 Å². The lowest BCUT2D eigenvalue weighted by Crippen LogP contribution is -2.42. The summed E-state index contributed by atoms with van der Waals surface area (Å²) in [5.74, 6) is 3.41. The van der Waals surface area contributed by atoms with Crippen LogP contribution in [-0.4, -0.2) is 159 Å². The van der Waals surface area contributed by atoms with Gasteiger partial charge in [0.05, 0.1) is 58.8 Å². The average molecular weight is 1950 g/mol. The van der Waals surface area contributed by atoms with Crippen molar-refractivity contribution in [3.05, 3.63) is 212 Å². The third kappa shape index (κ3) is 24.4. The van der Waals surface area contributed by atoms with E-state index in [9.17, 15) is 57.1 Å². The van der Waals surface area contributed by atoms with Gasteiger partial charge in [-0.1, -0.05) is 100 Å². The van der Waals surface area contributed by atoms with Gasteiger partial charge in [0.15, 0.2) is 0 Å². The third-order valence-electron chi connectivity index (χ3n) is 25.0. The molecule has 2 aliphatic heterocycles. The quantitative estimate of drug-likeness (QED) is 0.0338. The van der Waals surface area contributed by atoms with Crippen LogP contribution in [0.3, 0.4) is 0 Å². The van der Waals surface area contributed by atoms with Gasteiger partial charge in [-0.25, -0.2) is 26.3 Å². The first kappa shape index (κ1) is 101. The van der Waals surface area contributed by atoms with Crippen LogP contribution in [0.5, 0.6) is 23.0 Å². The maximum Gasteiger partial charge on any atom is 0.258 e. The molecule has 0 bridgehead atoms. The number of Topliss-reactive ketones (excluding diaryl/α,β-unsaturated/α-hetero) is 1. The van der Waals surface area contributed by atoms with Crippen LogP contribution in [-0.2, 0) is 64.9 Å². The highest BCUT2D eigenvalue weighted by atomic mass is 32.2. The fourth-order valence-corrected chi connectivity index (χ4v) is 20.8. The molecule has 36 heteroatoms. The second-order valence-corrected chi connectivity index (χ2v) is 40.1. The molecule has 2 saturated heterocycles. The predicted molar refractivity (Wildman–Crippen MR) is 523 cm³/mol. The van der Waals surface area contributed by atoms with E-state index in [1.807, 2.05) is 148 Å². The molecule has 730 valence electrons. The van der Waals surface area contributed by atoms with Crippen molar-refractivity contribution in [2.45, 2.75) is 227 Å². The van der Waals surface area contributed by atoms with E-state index in [4.69, 9.17) is 37.0 Å². The van der Waals surface area contributed by atoms with Gasteiger partial charge in [-0.3, -0.25) is 19.2 Å². The number of benzene rings is 8. The van der Waals surface area contributed by atoms with Gasteiger partial charge in [-0.2, -0.15) is 41.0 Å². The minimum atomic E-state index is -3.81. The van der Waals surface area contributed by atoms with Gasteiger partial charge in [0.25, 0.3) is 23.6 Å². The minimum Gasteiger partial charge on any atom is -0.490 e. The van der Waals surface area contributed by atoms with Crippen LogP contribution >= 0.6 is 0 Å². The van der Waals surface area contributed by atoms with E-state index in [0.717, 1.165) is 120 Å². The Bertz CT molecular complexity index is 6810. The molecule has 12 aromatic rings. The number of nitrogens with one attached hydrogen (secondary N) is 4. The van der Waals surface area contributed by atoms with Crippen LogP contribution in [0.4, 0.5) is 0 Å². The first-order valence-corrected chi connectivity index (χ1v) is 50.9.